The van der Waals surface area contributed by atoms with Gasteiger partial charge in [0.2, 0.25) is 0 Å². The molecule has 0 bridgehead atoms. The Balaban J connectivity index is 1.75. The first-order chi connectivity index (χ1) is 11.3. The zero-order valence-corrected chi connectivity index (χ0v) is 13.2. The van der Waals surface area contributed by atoms with Gasteiger partial charge in [-0.15, -0.1) is 0 Å². The third-order valence-electron chi connectivity index (χ3n) is 5.22. The van der Waals surface area contributed by atoms with Crippen LogP contribution in [0.15, 0.2) is 66.7 Å². The number of nitrogens with zero attached hydrogens (tertiary/aromatic N) is 1. The number of ketones is 1. The van der Waals surface area contributed by atoms with Crippen LogP contribution in [0.1, 0.15) is 36.8 Å². The molecule has 23 heavy (non-hydrogen) atoms. The molecule has 2 nitrogen and oxygen atoms in total. The van der Waals surface area contributed by atoms with E-state index in [-0.39, 0.29) is 5.54 Å². The van der Waals surface area contributed by atoms with Crippen LogP contribution in [-0.2, 0) is 11.3 Å². The van der Waals surface area contributed by atoms with Crippen LogP contribution in [0, 0.1) is 0 Å². The predicted octanol–water partition coefficient (Wildman–Crippen LogP) is 4.43. The quantitative estimate of drug-likeness (QED) is 0.836. The highest BCUT2D eigenvalue weighted by atomic mass is 16.1. The van der Waals surface area contributed by atoms with E-state index in [0.717, 1.165) is 43.5 Å². The maximum atomic E-state index is 12.9. The van der Waals surface area contributed by atoms with Gasteiger partial charge in [-0.1, -0.05) is 73.5 Å². The molecule has 0 amide bonds. The largest absolute Gasteiger partial charge is 0.354 e. The highest BCUT2D eigenvalue weighted by molar-refractivity contribution is 6.08. The third-order valence-corrected chi connectivity index (χ3v) is 5.22. The molecule has 2 aliphatic rings. The van der Waals surface area contributed by atoms with Crippen molar-refractivity contribution < 1.29 is 4.79 Å². The zero-order chi connectivity index (χ0) is 15.7. The number of carbonyl (C=O) groups is 1. The van der Waals surface area contributed by atoms with Crippen molar-refractivity contribution in [2.75, 3.05) is 0 Å². The maximum Gasteiger partial charge on any atom is 0.183 e. The summed E-state index contributed by atoms with van der Waals surface area (Å²) in [6.07, 6.45) is 6.13. The second-order valence-corrected chi connectivity index (χ2v) is 6.57. The Morgan fingerprint density at radius 1 is 0.870 bits per heavy atom. The molecule has 2 aromatic carbocycles. The van der Waals surface area contributed by atoms with Crippen LogP contribution in [0.3, 0.4) is 0 Å². The van der Waals surface area contributed by atoms with Gasteiger partial charge in [0.15, 0.2) is 5.78 Å². The topological polar surface area (TPSA) is 20.3 Å². The number of hydrogen-bond donors (Lipinski definition) is 0. The smallest absolute Gasteiger partial charge is 0.183 e. The van der Waals surface area contributed by atoms with Gasteiger partial charge in [0.05, 0.1) is 0 Å². The third kappa shape index (κ3) is 2.39. The molecule has 4 rings (SSSR count). The zero-order valence-electron chi connectivity index (χ0n) is 13.2. The van der Waals surface area contributed by atoms with Crippen molar-refractivity contribution in [2.24, 2.45) is 0 Å². The Morgan fingerprint density at radius 3 is 2.13 bits per heavy atom. The Hall–Kier alpha value is -2.35. The monoisotopic (exact) mass is 303 g/mol. The van der Waals surface area contributed by atoms with E-state index in [1.54, 1.807) is 0 Å². The van der Waals surface area contributed by atoms with Crippen molar-refractivity contribution in [1.29, 1.82) is 0 Å². The van der Waals surface area contributed by atoms with Crippen LogP contribution >= 0.6 is 0 Å². The second kappa shape index (κ2) is 5.69. The van der Waals surface area contributed by atoms with Gasteiger partial charge in [-0.2, -0.15) is 0 Å². The molecule has 2 heteroatoms. The Morgan fingerprint density at radius 2 is 1.48 bits per heavy atom. The van der Waals surface area contributed by atoms with E-state index in [1.165, 1.54) is 5.56 Å². The maximum absolute atomic E-state index is 12.9. The average molecular weight is 303 g/mol. The summed E-state index contributed by atoms with van der Waals surface area (Å²) in [5.41, 5.74) is 3.18. The summed E-state index contributed by atoms with van der Waals surface area (Å²) in [5, 5.41) is 0. The SMILES string of the molecule is O=C1C=C(c2ccccc2)N(Cc2ccccc2)C12CCCC2. The van der Waals surface area contributed by atoms with Crippen LogP contribution in [0.4, 0.5) is 0 Å². The molecule has 1 heterocycles. The fraction of sp³-hybridized carbons (Fsp3) is 0.286. The lowest BCUT2D eigenvalue weighted by Crippen LogP contribution is -2.46. The fourth-order valence-electron chi connectivity index (χ4n) is 4.03. The Kier molecular flexibility index (Phi) is 3.53. The van der Waals surface area contributed by atoms with Crippen molar-refractivity contribution in [1.82, 2.24) is 4.90 Å². The number of carbonyl (C=O) groups excluding carboxylic acids is 1. The highest BCUT2D eigenvalue weighted by Gasteiger charge is 2.49. The molecule has 0 unspecified atom stereocenters. The molecule has 2 aromatic rings. The molecule has 0 radical (unpaired) electrons. The summed E-state index contributed by atoms with van der Waals surface area (Å²) in [7, 11) is 0. The highest BCUT2D eigenvalue weighted by Crippen LogP contribution is 2.46. The minimum atomic E-state index is -0.305. The van der Waals surface area contributed by atoms with Gasteiger partial charge < -0.3 is 4.90 Å². The first-order valence-corrected chi connectivity index (χ1v) is 8.43. The van der Waals surface area contributed by atoms with Gasteiger partial charge in [-0.05, 0) is 24.0 Å². The average Bonchev–Trinajstić information content (AvgIpc) is 3.19. The van der Waals surface area contributed by atoms with Crippen molar-refractivity contribution in [3.8, 4) is 0 Å². The lowest BCUT2D eigenvalue weighted by molar-refractivity contribution is -0.122. The Bertz CT molecular complexity index is 727. The van der Waals surface area contributed by atoms with Gasteiger partial charge in [0.25, 0.3) is 0 Å². The van der Waals surface area contributed by atoms with Crippen LogP contribution in [0.25, 0.3) is 5.70 Å². The van der Waals surface area contributed by atoms with Gasteiger partial charge in [-0.3, -0.25) is 4.79 Å². The van der Waals surface area contributed by atoms with E-state index in [2.05, 4.69) is 41.3 Å². The van der Waals surface area contributed by atoms with E-state index >= 15 is 0 Å². The van der Waals surface area contributed by atoms with E-state index in [1.807, 2.05) is 30.3 Å². The molecule has 0 saturated heterocycles. The van der Waals surface area contributed by atoms with Crippen molar-refractivity contribution >= 4 is 11.5 Å². The van der Waals surface area contributed by atoms with Crippen LogP contribution in [0.5, 0.6) is 0 Å². The summed E-state index contributed by atoms with van der Waals surface area (Å²) in [6, 6.07) is 20.8. The Labute approximate surface area is 137 Å². The lowest BCUT2D eigenvalue weighted by atomic mass is 9.92. The molecule has 116 valence electrons. The molecule has 1 saturated carbocycles. The normalized spacial score (nSPS) is 19.4. The van der Waals surface area contributed by atoms with Gasteiger partial charge in [0.1, 0.15) is 5.54 Å². The summed E-state index contributed by atoms with van der Waals surface area (Å²) in [4.78, 5) is 15.2. The number of hydrogen-bond acceptors (Lipinski definition) is 2. The summed E-state index contributed by atoms with van der Waals surface area (Å²) < 4.78 is 0. The first kappa shape index (κ1) is 14.3. The van der Waals surface area contributed by atoms with Gasteiger partial charge in [0, 0.05) is 18.3 Å². The summed E-state index contributed by atoms with van der Waals surface area (Å²) >= 11 is 0. The number of benzene rings is 2. The minimum absolute atomic E-state index is 0.296. The predicted molar refractivity (Wildman–Crippen MR) is 92.6 cm³/mol. The molecule has 0 atom stereocenters. The minimum Gasteiger partial charge on any atom is -0.354 e. The van der Waals surface area contributed by atoms with Crippen LogP contribution in [-0.4, -0.2) is 16.2 Å². The van der Waals surface area contributed by atoms with Gasteiger partial charge in [-0.25, -0.2) is 0 Å². The molecule has 1 aliphatic heterocycles. The van der Waals surface area contributed by atoms with Gasteiger partial charge >= 0.3 is 0 Å². The fourth-order valence-corrected chi connectivity index (χ4v) is 4.03. The van der Waals surface area contributed by atoms with Crippen molar-refractivity contribution in [2.45, 2.75) is 37.8 Å². The first-order valence-electron chi connectivity index (χ1n) is 8.43. The number of rotatable bonds is 3. The molecular weight excluding hydrogens is 282 g/mol. The van der Waals surface area contributed by atoms with Crippen LogP contribution < -0.4 is 0 Å². The molecular formula is C21H21NO. The van der Waals surface area contributed by atoms with Crippen molar-refractivity contribution in [3.63, 3.8) is 0 Å². The van der Waals surface area contributed by atoms with E-state index in [9.17, 15) is 4.79 Å². The van der Waals surface area contributed by atoms with Crippen LogP contribution in [0.2, 0.25) is 0 Å². The van der Waals surface area contributed by atoms with E-state index in [4.69, 9.17) is 0 Å². The molecule has 1 fully saturated rings. The molecule has 1 spiro atoms. The van der Waals surface area contributed by atoms with E-state index in [0.29, 0.717) is 5.78 Å². The standard InChI is InChI=1S/C21H21NO/c23-20-15-19(18-11-5-2-6-12-18)22(21(20)13-7-8-14-21)16-17-9-3-1-4-10-17/h1-6,9-12,15H,7-8,13-14,16H2. The van der Waals surface area contributed by atoms with Crippen molar-refractivity contribution in [3.05, 3.63) is 77.9 Å². The van der Waals surface area contributed by atoms with E-state index < -0.39 is 0 Å². The summed E-state index contributed by atoms with van der Waals surface area (Å²) in [6.45, 7) is 0.799. The molecule has 1 aliphatic carbocycles. The lowest BCUT2D eigenvalue weighted by Gasteiger charge is -2.38. The summed E-state index contributed by atoms with van der Waals surface area (Å²) in [5.74, 6) is 0.296. The molecule has 0 N–H and O–H groups in total. The molecule has 0 aromatic heterocycles. The second-order valence-electron chi connectivity index (χ2n) is 6.57.